The van der Waals surface area contributed by atoms with Crippen molar-refractivity contribution in [3.05, 3.63) is 52.5 Å². The molecule has 0 saturated heterocycles. The summed E-state index contributed by atoms with van der Waals surface area (Å²) in [5.74, 6) is -2.74. The Labute approximate surface area is 147 Å². The summed E-state index contributed by atoms with van der Waals surface area (Å²) >= 11 is 5.06. The van der Waals surface area contributed by atoms with Gasteiger partial charge in [0.25, 0.3) is 11.7 Å². The van der Waals surface area contributed by atoms with Crippen molar-refractivity contribution in [2.75, 3.05) is 5.32 Å². The number of thioether (sulfide) groups is 1. The number of nitrogens with zero attached hydrogens (tertiary/aromatic N) is 1. The summed E-state index contributed by atoms with van der Waals surface area (Å²) in [4.78, 5) is 17.0. The van der Waals surface area contributed by atoms with E-state index < -0.39 is 5.76 Å². The second-order valence-electron chi connectivity index (χ2n) is 4.46. The molecule has 3 aromatic rings. The number of aromatic nitrogens is 1. The van der Waals surface area contributed by atoms with Crippen LogP contribution >= 0.6 is 39.0 Å². The van der Waals surface area contributed by atoms with Crippen molar-refractivity contribution in [3.63, 3.8) is 0 Å². The van der Waals surface area contributed by atoms with Crippen molar-refractivity contribution in [1.82, 2.24) is 4.98 Å². The Bertz CT molecular complexity index is 870. The molecule has 0 spiro atoms. The third-order valence-corrected chi connectivity index (χ3v) is 5.25. The highest BCUT2D eigenvalue weighted by molar-refractivity contribution is 9.10. The topological polar surface area (TPSA) is 42.0 Å². The van der Waals surface area contributed by atoms with Crippen molar-refractivity contribution < 1.29 is 13.6 Å². The van der Waals surface area contributed by atoms with E-state index in [0.29, 0.717) is 37.3 Å². The molecule has 0 radical (unpaired) electrons. The molecule has 0 aliphatic heterocycles. The first kappa shape index (κ1) is 16.4. The van der Waals surface area contributed by atoms with E-state index in [4.69, 9.17) is 0 Å². The maximum atomic E-state index is 12.4. The number of carbonyl (C=O) groups excluding carboxylic acids is 1. The number of fused-ring (bicyclic) bond motifs is 1. The quantitative estimate of drug-likeness (QED) is 0.562. The zero-order valence-corrected chi connectivity index (χ0v) is 14.6. The standard InChI is InChI=1S/C15H9BrF2N2OS2/c16-10-4-2-1-3-9(10)13(21)20-15-19-11-6-5-8(22-14(17)18)7-12(11)23-15/h1-7,14H,(H,19,20,21). The number of hydrogen-bond acceptors (Lipinski definition) is 4. The Balaban J connectivity index is 1.83. The molecule has 0 aliphatic rings. The van der Waals surface area contributed by atoms with E-state index in [1.165, 1.54) is 11.3 Å². The lowest BCUT2D eigenvalue weighted by atomic mass is 10.2. The van der Waals surface area contributed by atoms with Crippen molar-refractivity contribution in [3.8, 4) is 0 Å². The smallest absolute Gasteiger partial charge is 0.288 e. The molecule has 3 rings (SSSR count). The van der Waals surface area contributed by atoms with Crippen molar-refractivity contribution in [2.45, 2.75) is 10.7 Å². The van der Waals surface area contributed by atoms with Gasteiger partial charge >= 0.3 is 0 Å². The number of alkyl halides is 2. The SMILES string of the molecule is O=C(Nc1nc2ccc(SC(F)F)cc2s1)c1ccccc1Br. The summed E-state index contributed by atoms with van der Waals surface area (Å²) in [7, 11) is 0. The molecule has 0 bridgehead atoms. The van der Waals surface area contributed by atoms with E-state index in [1.807, 2.05) is 6.07 Å². The summed E-state index contributed by atoms with van der Waals surface area (Å²) in [5.41, 5.74) is 1.16. The van der Waals surface area contributed by atoms with Crippen LogP contribution < -0.4 is 5.32 Å². The fraction of sp³-hybridized carbons (Fsp3) is 0.0667. The number of carbonyl (C=O) groups is 1. The van der Waals surface area contributed by atoms with Gasteiger partial charge in [-0.15, -0.1) is 0 Å². The summed E-state index contributed by atoms with van der Waals surface area (Å²) < 4.78 is 26.3. The molecule has 23 heavy (non-hydrogen) atoms. The van der Waals surface area contributed by atoms with Crippen LogP contribution in [0.2, 0.25) is 0 Å². The van der Waals surface area contributed by atoms with Crippen LogP contribution in [0.3, 0.4) is 0 Å². The molecule has 1 amide bonds. The maximum absolute atomic E-state index is 12.4. The van der Waals surface area contributed by atoms with Crippen LogP contribution in [0.25, 0.3) is 10.2 Å². The molecule has 0 atom stereocenters. The molecule has 0 aliphatic carbocycles. The van der Waals surface area contributed by atoms with Crippen LogP contribution in [0.5, 0.6) is 0 Å². The fourth-order valence-electron chi connectivity index (χ4n) is 1.94. The van der Waals surface area contributed by atoms with E-state index in [-0.39, 0.29) is 5.91 Å². The molecule has 0 fully saturated rings. The van der Waals surface area contributed by atoms with Gasteiger partial charge in [0.2, 0.25) is 0 Å². The zero-order chi connectivity index (χ0) is 16.4. The first-order chi connectivity index (χ1) is 11.0. The molecule has 8 heteroatoms. The van der Waals surface area contributed by atoms with Gasteiger partial charge in [0.1, 0.15) is 0 Å². The minimum Gasteiger partial charge on any atom is -0.298 e. The van der Waals surface area contributed by atoms with Crippen molar-refractivity contribution >= 4 is 60.3 Å². The van der Waals surface area contributed by atoms with Gasteiger partial charge in [-0.2, -0.15) is 8.78 Å². The third-order valence-electron chi connectivity index (χ3n) is 2.92. The summed E-state index contributed by atoms with van der Waals surface area (Å²) in [6.07, 6.45) is 0. The van der Waals surface area contributed by atoms with Gasteiger partial charge in [0.05, 0.1) is 15.8 Å². The van der Waals surface area contributed by atoms with E-state index in [9.17, 15) is 13.6 Å². The average molecular weight is 415 g/mol. The first-order valence-electron chi connectivity index (χ1n) is 6.44. The van der Waals surface area contributed by atoms with Gasteiger partial charge in [0, 0.05) is 9.37 Å². The first-order valence-corrected chi connectivity index (χ1v) is 8.93. The van der Waals surface area contributed by atoms with Gasteiger partial charge in [-0.1, -0.05) is 35.2 Å². The van der Waals surface area contributed by atoms with Crippen LogP contribution in [-0.2, 0) is 0 Å². The van der Waals surface area contributed by atoms with Gasteiger partial charge in [0.15, 0.2) is 5.13 Å². The highest BCUT2D eigenvalue weighted by Crippen LogP contribution is 2.32. The zero-order valence-electron chi connectivity index (χ0n) is 11.4. The monoisotopic (exact) mass is 414 g/mol. The third kappa shape index (κ3) is 3.88. The Morgan fingerprint density at radius 1 is 1.26 bits per heavy atom. The molecule has 0 saturated carbocycles. The number of halogens is 3. The largest absolute Gasteiger partial charge is 0.298 e. The molecule has 1 aromatic heterocycles. The lowest BCUT2D eigenvalue weighted by molar-refractivity contribution is 0.102. The van der Waals surface area contributed by atoms with Crippen molar-refractivity contribution in [2.24, 2.45) is 0 Å². The summed E-state index contributed by atoms with van der Waals surface area (Å²) in [6.45, 7) is 0. The number of amides is 1. The van der Waals surface area contributed by atoms with Gasteiger partial charge in [-0.25, -0.2) is 4.98 Å². The molecule has 1 heterocycles. The van der Waals surface area contributed by atoms with Crippen LogP contribution in [0.15, 0.2) is 51.8 Å². The Morgan fingerprint density at radius 2 is 2.04 bits per heavy atom. The van der Waals surface area contributed by atoms with Crippen LogP contribution in [0.4, 0.5) is 13.9 Å². The lowest BCUT2D eigenvalue weighted by Gasteiger charge is -2.03. The molecule has 0 unspecified atom stereocenters. The second kappa shape index (κ2) is 6.94. The van der Waals surface area contributed by atoms with Gasteiger partial charge in [-0.05, 0) is 46.3 Å². The average Bonchev–Trinajstić information content (AvgIpc) is 2.88. The van der Waals surface area contributed by atoms with Crippen molar-refractivity contribution in [1.29, 1.82) is 0 Å². The molecular formula is C15H9BrF2N2OS2. The number of benzene rings is 2. The Morgan fingerprint density at radius 3 is 2.78 bits per heavy atom. The molecule has 1 N–H and O–H groups in total. The van der Waals surface area contributed by atoms with E-state index >= 15 is 0 Å². The Kier molecular flexibility index (Phi) is 4.93. The number of anilines is 1. The molecular weight excluding hydrogens is 406 g/mol. The van der Waals surface area contributed by atoms with E-state index in [0.717, 1.165) is 4.70 Å². The number of hydrogen-bond donors (Lipinski definition) is 1. The predicted molar refractivity (Wildman–Crippen MR) is 93.6 cm³/mol. The van der Waals surface area contributed by atoms with E-state index in [1.54, 1.807) is 36.4 Å². The van der Waals surface area contributed by atoms with Gasteiger partial charge < -0.3 is 0 Å². The summed E-state index contributed by atoms with van der Waals surface area (Å²) in [5, 5.41) is 3.16. The summed E-state index contributed by atoms with van der Waals surface area (Å²) in [6, 6.07) is 12.0. The Hall–Kier alpha value is -1.51. The molecule has 118 valence electrons. The normalized spacial score (nSPS) is 11.1. The molecule has 2 aromatic carbocycles. The number of thiazole rings is 1. The number of rotatable bonds is 4. The highest BCUT2D eigenvalue weighted by Gasteiger charge is 2.13. The second-order valence-corrected chi connectivity index (χ2v) is 7.41. The van der Waals surface area contributed by atoms with E-state index in [2.05, 4.69) is 26.2 Å². The fourth-order valence-corrected chi connectivity index (χ4v) is 3.92. The number of nitrogens with one attached hydrogen (secondary N) is 1. The predicted octanol–water partition coefficient (Wildman–Crippen LogP) is 5.63. The minimum absolute atomic E-state index is 0.279. The maximum Gasteiger partial charge on any atom is 0.288 e. The highest BCUT2D eigenvalue weighted by atomic mass is 79.9. The van der Waals surface area contributed by atoms with Crippen LogP contribution in [-0.4, -0.2) is 16.6 Å². The lowest BCUT2D eigenvalue weighted by Crippen LogP contribution is -2.12. The van der Waals surface area contributed by atoms with Crippen LogP contribution in [0, 0.1) is 0 Å². The van der Waals surface area contributed by atoms with Crippen LogP contribution in [0.1, 0.15) is 10.4 Å². The molecule has 3 nitrogen and oxygen atoms in total. The minimum atomic E-state index is -2.46. The van der Waals surface area contributed by atoms with Gasteiger partial charge in [-0.3, -0.25) is 10.1 Å².